The van der Waals surface area contributed by atoms with Gasteiger partial charge in [-0.15, -0.1) is 0 Å². The van der Waals surface area contributed by atoms with E-state index in [-0.39, 0.29) is 12.2 Å². The Morgan fingerprint density at radius 2 is 1.77 bits per heavy atom. The quantitative estimate of drug-likeness (QED) is 0.476. The second-order valence-electron chi connectivity index (χ2n) is 9.87. The summed E-state index contributed by atoms with van der Waals surface area (Å²) in [4.78, 5) is 17.5. The molecular weight excluding hydrogens is 440 g/mol. The van der Waals surface area contributed by atoms with E-state index < -0.39 is 11.2 Å². The molecule has 1 aliphatic carbocycles. The number of ether oxygens (including phenoxy) is 2. The smallest absolute Gasteiger partial charge is 0.170 e. The number of ketones is 1. The van der Waals surface area contributed by atoms with Crippen molar-refractivity contribution < 1.29 is 14.3 Å². The van der Waals surface area contributed by atoms with Crippen LogP contribution in [0.2, 0.25) is 0 Å². The highest BCUT2D eigenvalue weighted by Crippen LogP contribution is 2.45. The van der Waals surface area contributed by atoms with Crippen LogP contribution in [-0.4, -0.2) is 39.5 Å². The van der Waals surface area contributed by atoms with E-state index in [0.717, 1.165) is 16.9 Å². The van der Waals surface area contributed by atoms with Gasteiger partial charge in [0.25, 0.3) is 0 Å². The number of hydrogen-bond donors (Lipinski definition) is 0. The molecule has 1 saturated carbocycles. The first-order chi connectivity index (χ1) is 16.9. The van der Waals surface area contributed by atoms with E-state index in [9.17, 15) is 10.1 Å². The van der Waals surface area contributed by atoms with Gasteiger partial charge in [0.2, 0.25) is 0 Å². The van der Waals surface area contributed by atoms with Crippen molar-refractivity contribution in [2.24, 2.45) is 0 Å². The number of pyridine rings is 1. The minimum atomic E-state index is -0.643. The Balaban J connectivity index is 1.24. The van der Waals surface area contributed by atoms with Gasteiger partial charge in [-0.3, -0.25) is 9.78 Å². The van der Waals surface area contributed by atoms with Crippen LogP contribution in [0.1, 0.15) is 72.6 Å². The molecule has 0 atom stereocenters. The van der Waals surface area contributed by atoms with Crippen LogP contribution < -0.4 is 0 Å². The lowest BCUT2D eigenvalue weighted by atomic mass is 9.70. The number of aromatic nitrogens is 3. The summed E-state index contributed by atoms with van der Waals surface area (Å²) < 4.78 is 13.3. The topological polar surface area (TPSA) is 90.0 Å². The van der Waals surface area contributed by atoms with Gasteiger partial charge < -0.3 is 9.47 Å². The molecule has 2 aliphatic rings. The van der Waals surface area contributed by atoms with E-state index in [2.05, 4.69) is 42.1 Å². The molecule has 3 heterocycles. The molecule has 5 rings (SSSR count). The van der Waals surface area contributed by atoms with Crippen molar-refractivity contribution in [3.63, 3.8) is 0 Å². The summed E-state index contributed by atoms with van der Waals surface area (Å²) in [6, 6.07) is 14.5. The van der Waals surface area contributed by atoms with E-state index in [4.69, 9.17) is 9.47 Å². The highest BCUT2D eigenvalue weighted by molar-refractivity contribution is 5.97. The molecule has 1 aliphatic heterocycles. The van der Waals surface area contributed by atoms with Gasteiger partial charge >= 0.3 is 0 Å². The molecule has 1 aromatic carbocycles. The Bertz CT molecular complexity index is 1220. The van der Waals surface area contributed by atoms with Gasteiger partial charge in [-0.05, 0) is 48.1 Å². The number of carbonyl (C=O) groups excluding carboxylic acids is 1. The highest BCUT2D eigenvalue weighted by atomic mass is 16.7. The van der Waals surface area contributed by atoms with Crippen LogP contribution in [0.5, 0.6) is 0 Å². The summed E-state index contributed by atoms with van der Waals surface area (Å²) in [6.45, 7) is 5.55. The third-order valence-electron chi connectivity index (χ3n) is 7.30. The predicted octanol–water partition coefficient (Wildman–Crippen LogP) is 4.89. The summed E-state index contributed by atoms with van der Waals surface area (Å²) in [7, 11) is 0. The number of carbonyl (C=O) groups is 1. The lowest BCUT2D eigenvalue weighted by Crippen LogP contribution is -2.41. The Morgan fingerprint density at radius 1 is 1.06 bits per heavy atom. The van der Waals surface area contributed by atoms with Crippen molar-refractivity contribution in [3.05, 3.63) is 77.4 Å². The van der Waals surface area contributed by atoms with Gasteiger partial charge in [0.05, 0.1) is 47.8 Å². The number of benzene rings is 1. The first-order valence-electron chi connectivity index (χ1n) is 12.2. The van der Waals surface area contributed by atoms with Crippen molar-refractivity contribution in [2.45, 2.75) is 63.1 Å². The Labute approximate surface area is 205 Å². The van der Waals surface area contributed by atoms with Gasteiger partial charge in [-0.2, -0.15) is 10.4 Å². The van der Waals surface area contributed by atoms with E-state index in [1.165, 1.54) is 5.56 Å². The molecule has 0 radical (unpaired) electrons. The van der Waals surface area contributed by atoms with E-state index >= 15 is 0 Å². The van der Waals surface area contributed by atoms with Gasteiger partial charge in [-0.25, -0.2) is 4.68 Å². The monoisotopic (exact) mass is 470 g/mol. The molecule has 7 heteroatoms. The van der Waals surface area contributed by atoms with Gasteiger partial charge in [0.15, 0.2) is 11.6 Å². The fourth-order valence-electron chi connectivity index (χ4n) is 4.99. The normalized spacial score (nSPS) is 18.6. The molecule has 3 aromatic rings. The second kappa shape index (κ2) is 9.37. The summed E-state index contributed by atoms with van der Waals surface area (Å²) in [6.07, 6.45) is 7.99. The molecule has 7 nitrogen and oxygen atoms in total. The van der Waals surface area contributed by atoms with Crippen molar-refractivity contribution in [3.8, 4) is 11.8 Å². The van der Waals surface area contributed by atoms with Crippen molar-refractivity contribution >= 4 is 5.78 Å². The number of nitriles is 1. The molecule has 0 amide bonds. The third-order valence-corrected chi connectivity index (χ3v) is 7.30. The second-order valence-corrected chi connectivity index (χ2v) is 9.87. The maximum Gasteiger partial charge on any atom is 0.170 e. The number of rotatable bonds is 6. The molecule has 2 aromatic heterocycles. The highest BCUT2D eigenvalue weighted by Gasteiger charge is 2.48. The van der Waals surface area contributed by atoms with Crippen LogP contribution in [-0.2, 0) is 21.3 Å². The van der Waals surface area contributed by atoms with Gasteiger partial charge in [0, 0.05) is 31.7 Å². The maximum absolute atomic E-state index is 12.9. The zero-order valence-corrected chi connectivity index (χ0v) is 20.2. The summed E-state index contributed by atoms with van der Waals surface area (Å²) in [5.74, 6) is -0.0742. The van der Waals surface area contributed by atoms with Crippen LogP contribution in [0.3, 0.4) is 0 Å². The van der Waals surface area contributed by atoms with Crippen LogP contribution in [0.4, 0.5) is 0 Å². The average molecular weight is 471 g/mol. The molecule has 0 unspecified atom stereocenters. The Hall–Kier alpha value is -3.34. The summed E-state index contributed by atoms with van der Waals surface area (Å²) in [5, 5.41) is 14.4. The lowest BCUT2D eigenvalue weighted by Gasteiger charge is -2.39. The minimum Gasteiger partial charge on any atom is -0.348 e. The van der Waals surface area contributed by atoms with Crippen molar-refractivity contribution in [1.82, 2.24) is 14.8 Å². The summed E-state index contributed by atoms with van der Waals surface area (Å²) in [5.41, 5.74) is 3.67. The number of hydrogen-bond acceptors (Lipinski definition) is 6. The third kappa shape index (κ3) is 4.64. The van der Waals surface area contributed by atoms with Gasteiger partial charge in [0.1, 0.15) is 0 Å². The standard InChI is InChI=1S/C28H30N4O3/c1-20(2)22-4-6-24(7-5-22)32-18-23(17-31-32)25(33)15-21-3-8-26(30-16-21)27(19-29)9-11-28(12-10-27)34-13-14-35-28/h3-8,16-18,20H,9-15H2,1-2H3. The largest absolute Gasteiger partial charge is 0.348 e. The number of nitrogens with zero attached hydrogens (tertiary/aromatic N) is 4. The minimum absolute atomic E-state index is 0.0188. The predicted molar refractivity (Wildman–Crippen MR) is 130 cm³/mol. The molecule has 1 spiro atoms. The Kier molecular flexibility index (Phi) is 6.26. The van der Waals surface area contributed by atoms with Crippen LogP contribution >= 0.6 is 0 Å². The molecule has 35 heavy (non-hydrogen) atoms. The summed E-state index contributed by atoms with van der Waals surface area (Å²) >= 11 is 0. The van der Waals surface area contributed by atoms with E-state index in [1.54, 1.807) is 23.3 Å². The first-order valence-corrected chi connectivity index (χ1v) is 12.2. The molecule has 0 bridgehead atoms. The van der Waals surface area contributed by atoms with Gasteiger partial charge in [-0.1, -0.05) is 32.0 Å². The zero-order chi connectivity index (χ0) is 24.5. The van der Waals surface area contributed by atoms with Crippen LogP contribution in [0, 0.1) is 11.3 Å². The Morgan fingerprint density at radius 3 is 2.37 bits per heavy atom. The SMILES string of the molecule is CC(C)c1ccc(-n2cc(C(=O)Cc3ccc(C4(C#N)CCC5(CC4)OCCO5)nc3)cn2)cc1. The lowest BCUT2D eigenvalue weighted by molar-refractivity contribution is -0.182. The maximum atomic E-state index is 12.9. The van der Waals surface area contributed by atoms with Crippen molar-refractivity contribution in [2.75, 3.05) is 13.2 Å². The molecule has 2 fully saturated rings. The zero-order valence-electron chi connectivity index (χ0n) is 20.2. The first kappa shape index (κ1) is 23.4. The van der Waals surface area contributed by atoms with Crippen LogP contribution in [0.25, 0.3) is 5.69 Å². The fraction of sp³-hybridized carbons (Fsp3) is 0.429. The molecule has 1 saturated heterocycles. The van der Waals surface area contributed by atoms with E-state index in [1.807, 2.05) is 24.3 Å². The number of Topliss-reactive ketones (excluding diaryl/α,β-unsaturated/α-hetero) is 1. The fourth-order valence-corrected chi connectivity index (χ4v) is 4.99. The molecular formula is C28H30N4O3. The molecule has 180 valence electrons. The molecule has 0 N–H and O–H groups in total. The average Bonchev–Trinajstić information content (AvgIpc) is 3.56. The van der Waals surface area contributed by atoms with E-state index in [0.29, 0.717) is 50.4 Å². The van der Waals surface area contributed by atoms with Crippen molar-refractivity contribution in [1.29, 1.82) is 5.26 Å². The van der Waals surface area contributed by atoms with Crippen LogP contribution in [0.15, 0.2) is 55.0 Å².